The van der Waals surface area contributed by atoms with E-state index < -0.39 is 5.63 Å². The fraction of sp³-hybridized carbons (Fsp3) is 0.304. The summed E-state index contributed by atoms with van der Waals surface area (Å²) < 4.78 is 5.27. The molecule has 0 atom stereocenters. The van der Waals surface area contributed by atoms with Gasteiger partial charge in [-0.2, -0.15) is 0 Å². The summed E-state index contributed by atoms with van der Waals surface area (Å²) in [4.78, 5) is 24.3. The maximum Gasteiger partial charge on any atom is 0.336 e. The molecule has 3 aromatic rings. The molecule has 0 saturated heterocycles. The SMILES string of the molecule is CCc1ccc2oc(=O)cc(CNC(=O)c3ccc(C(C)(C)C)cc3)c2c1. The zero-order valence-corrected chi connectivity index (χ0v) is 16.3. The Labute approximate surface area is 159 Å². The Morgan fingerprint density at radius 3 is 2.37 bits per heavy atom. The van der Waals surface area contributed by atoms with Gasteiger partial charge in [-0.05, 0) is 52.8 Å². The first kappa shape index (κ1) is 18.9. The highest BCUT2D eigenvalue weighted by Crippen LogP contribution is 2.22. The van der Waals surface area contributed by atoms with Gasteiger partial charge in [0.05, 0.1) is 0 Å². The van der Waals surface area contributed by atoms with Crippen molar-refractivity contribution in [3.63, 3.8) is 0 Å². The molecule has 4 heteroatoms. The molecule has 0 unspecified atom stereocenters. The molecule has 3 rings (SSSR count). The van der Waals surface area contributed by atoms with E-state index in [0.29, 0.717) is 11.1 Å². The lowest BCUT2D eigenvalue weighted by molar-refractivity contribution is 0.0951. The van der Waals surface area contributed by atoms with Gasteiger partial charge in [0.15, 0.2) is 0 Å². The number of hydrogen-bond donors (Lipinski definition) is 1. The highest BCUT2D eigenvalue weighted by atomic mass is 16.4. The molecule has 140 valence electrons. The molecule has 4 nitrogen and oxygen atoms in total. The molecule has 0 saturated carbocycles. The smallest absolute Gasteiger partial charge is 0.336 e. The molecule has 0 aliphatic rings. The largest absolute Gasteiger partial charge is 0.423 e. The van der Waals surface area contributed by atoms with Gasteiger partial charge in [-0.1, -0.05) is 45.9 Å². The van der Waals surface area contributed by atoms with Gasteiger partial charge in [0.25, 0.3) is 5.91 Å². The van der Waals surface area contributed by atoms with Gasteiger partial charge in [0, 0.05) is 23.6 Å². The number of nitrogens with one attached hydrogen (secondary N) is 1. The maximum absolute atomic E-state index is 12.5. The van der Waals surface area contributed by atoms with Crippen molar-refractivity contribution in [3.8, 4) is 0 Å². The van der Waals surface area contributed by atoms with E-state index in [0.717, 1.165) is 22.9 Å². The first-order valence-corrected chi connectivity index (χ1v) is 9.22. The van der Waals surface area contributed by atoms with E-state index in [2.05, 4.69) is 33.0 Å². The maximum atomic E-state index is 12.5. The van der Waals surface area contributed by atoms with Crippen LogP contribution in [0.2, 0.25) is 0 Å². The predicted octanol–water partition coefficient (Wildman–Crippen LogP) is 4.58. The Morgan fingerprint density at radius 2 is 1.74 bits per heavy atom. The third kappa shape index (κ3) is 4.27. The van der Waals surface area contributed by atoms with Crippen molar-refractivity contribution < 1.29 is 9.21 Å². The van der Waals surface area contributed by atoms with E-state index in [1.807, 2.05) is 42.5 Å². The third-order valence-electron chi connectivity index (χ3n) is 4.75. The first-order chi connectivity index (χ1) is 12.8. The molecule has 1 N–H and O–H groups in total. The summed E-state index contributed by atoms with van der Waals surface area (Å²) >= 11 is 0. The second kappa shape index (κ2) is 7.39. The number of aryl methyl sites for hydroxylation is 1. The summed E-state index contributed by atoms with van der Waals surface area (Å²) in [6.45, 7) is 8.76. The lowest BCUT2D eigenvalue weighted by atomic mass is 9.87. The van der Waals surface area contributed by atoms with Crippen molar-refractivity contribution in [1.29, 1.82) is 0 Å². The van der Waals surface area contributed by atoms with Crippen LogP contribution in [0.25, 0.3) is 11.0 Å². The highest BCUT2D eigenvalue weighted by Gasteiger charge is 2.14. The van der Waals surface area contributed by atoms with Crippen molar-refractivity contribution in [2.75, 3.05) is 0 Å². The molecule has 0 bridgehead atoms. The zero-order chi connectivity index (χ0) is 19.6. The van der Waals surface area contributed by atoms with Crippen molar-refractivity contribution in [1.82, 2.24) is 5.32 Å². The van der Waals surface area contributed by atoms with Crippen molar-refractivity contribution >= 4 is 16.9 Å². The zero-order valence-electron chi connectivity index (χ0n) is 16.3. The van der Waals surface area contributed by atoms with Gasteiger partial charge < -0.3 is 9.73 Å². The topological polar surface area (TPSA) is 59.3 Å². The normalized spacial score (nSPS) is 11.6. The van der Waals surface area contributed by atoms with E-state index in [1.54, 1.807) is 0 Å². The summed E-state index contributed by atoms with van der Waals surface area (Å²) in [6.07, 6.45) is 0.890. The Bertz CT molecular complexity index is 1020. The summed E-state index contributed by atoms with van der Waals surface area (Å²) in [5.41, 5.74) is 3.87. The number of benzene rings is 2. The monoisotopic (exact) mass is 363 g/mol. The van der Waals surface area contributed by atoms with Crippen LogP contribution in [0.15, 0.2) is 57.7 Å². The fourth-order valence-electron chi connectivity index (χ4n) is 3.04. The van der Waals surface area contributed by atoms with E-state index in [9.17, 15) is 9.59 Å². The second-order valence-corrected chi connectivity index (χ2v) is 7.78. The average Bonchev–Trinajstić information content (AvgIpc) is 2.64. The molecule has 0 aliphatic heterocycles. The van der Waals surface area contributed by atoms with Crippen LogP contribution in [0.4, 0.5) is 0 Å². The molecule has 1 amide bonds. The minimum absolute atomic E-state index is 0.0446. The molecule has 0 fully saturated rings. The lowest BCUT2D eigenvalue weighted by Gasteiger charge is -2.19. The number of fused-ring (bicyclic) bond motifs is 1. The Morgan fingerprint density at radius 1 is 1.04 bits per heavy atom. The molecule has 0 aliphatic carbocycles. The Balaban J connectivity index is 1.82. The van der Waals surface area contributed by atoms with Crippen LogP contribution in [0.1, 0.15) is 54.7 Å². The molecule has 27 heavy (non-hydrogen) atoms. The van der Waals surface area contributed by atoms with E-state index >= 15 is 0 Å². The predicted molar refractivity (Wildman–Crippen MR) is 108 cm³/mol. The van der Waals surface area contributed by atoms with Gasteiger partial charge >= 0.3 is 5.63 Å². The van der Waals surface area contributed by atoms with Crippen LogP contribution in [-0.4, -0.2) is 5.91 Å². The van der Waals surface area contributed by atoms with Gasteiger partial charge in [-0.25, -0.2) is 4.79 Å². The van der Waals surface area contributed by atoms with Gasteiger partial charge in [0.1, 0.15) is 5.58 Å². The Kier molecular flexibility index (Phi) is 5.17. The Hall–Kier alpha value is -2.88. The first-order valence-electron chi connectivity index (χ1n) is 9.22. The van der Waals surface area contributed by atoms with Crippen LogP contribution in [0.3, 0.4) is 0 Å². The number of rotatable bonds is 4. The van der Waals surface area contributed by atoms with E-state index in [1.165, 1.54) is 11.6 Å². The van der Waals surface area contributed by atoms with Crippen molar-refractivity contribution in [2.45, 2.75) is 46.1 Å². The molecule has 2 aromatic carbocycles. The molecule has 1 heterocycles. The van der Waals surface area contributed by atoms with E-state index in [-0.39, 0.29) is 17.9 Å². The number of hydrogen-bond acceptors (Lipinski definition) is 3. The summed E-state index contributed by atoms with van der Waals surface area (Å²) in [6, 6.07) is 14.9. The van der Waals surface area contributed by atoms with Crippen LogP contribution >= 0.6 is 0 Å². The third-order valence-corrected chi connectivity index (χ3v) is 4.75. The van der Waals surface area contributed by atoms with Gasteiger partial charge in [0.2, 0.25) is 0 Å². The van der Waals surface area contributed by atoms with Crippen molar-refractivity contribution in [2.24, 2.45) is 0 Å². The number of carbonyl (C=O) groups is 1. The molecular formula is C23H25NO3. The molecule has 0 spiro atoms. The molecule has 0 radical (unpaired) electrons. The standard InChI is InChI=1S/C23H25NO3/c1-5-15-6-11-20-19(12-15)17(13-21(25)27-20)14-24-22(26)16-7-9-18(10-8-16)23(2,3)4/h6-13H,5,14H2,1-4H3,(H,24,26). The molecular weight excluding hydrogens is 338 g/mol. The fourth-order valence-corrected chi connectivity index (χ4v) is 3.04. The summed E-state index contributed by atoms with van der Waals surface area (Å²) in [5.74, 6) is -0.163. The van der Waals surface area contributed by atoms with Crippen LogP contribution < -0.4 is 10.9 Å². The minimum Gasteiger partial charge on any atom is -0.423 e. The van der Waals surface area contributed by atoms with Crippen LogP contribution in [0, 0.1) is 0 Å². The van der Waals surface area contributed by atoms with Gasteiger partial charge in [-0.15, -0.1) is 0 Å². The van der Waals surface area contributed by atoms with Crippen molar-refractivity contribution in [3.05, 3.63) is 81.2 Å². The van der Waals surface area contributed by atoms with Crippen LogP contribution in [-0.2, 0) is 18.4 Å². The second-order valence-electron chi connectivity index (χ2n) is 7.78. The number of amides is 1. The quantitative estimate of drug-likeness (QED) is 0.690. The van der Waals surface area contributed by atoms with Crippen LogP contribution in [0.5, 0.6) is 0 Å². The number of carbonyl (C=O) groups excluding carboxylic acids is 1. The van der Waals surface area contributed by atoms with E-state index in [4.69, 9.17) is 4.42 Å². The molecule has 1 aromatic heterocycles. The average molecular weight is 363 g/mol. The summed E-state index contributed by atoms with van der Waals surface area (Å²) in [5, 5.41) is 3.77. The lowest BCUT2D eigenvalue weighted by Crippen LogP contribution is -2.23. The summed E-state index contributed by atoms with van der Waals surface area (Å²) in [7, 11) is 0. The van der Waals surface area contributed by atoms with Gasteiger partial charge in [-0.3, -0.25) is 4.79 Å². The highest BCUT2D eigenvalue weighted by molar-refractivity contribution is 5.94. The minimum atomic E-state index is -0.412.